The van der Waals surface area contributed by atoms with E-state index in [0.717, 1.165) is 12.8 Å². The first-order valence-corrected chi connectivity index (χ1v) is 7.90. The Morgan fingerprint density at radius 1 is 1.31 bits per heavy atom. The first kappa shape index (κ1) is 13.9. The molecule has 0 bridgehead atoms. The van der Waals surface area contributed by atoms with Gasteiger partial charge in [0.1, 0.15) is 0 Å². The van der Waals surface area contributed by atoms with Crippen molar-refractivity contribution in [2.45, 2.75) is 38.1 Å². The van der Waals surface area contributed by atoms with Gasteiger partial charge in [-0.3, -0.25) is 4.90 Å². The molecule has 1 aliphatic carbocycles. The average molecular weight is 248 g/mol. The standard InChI is InChI=1S/C11H24N2O2S/c1-3-16(14,15)9-8-13(2)11(10-12)6-4-5-7-11/h3-10,12H2,1-2H3. The summed E-state index contributed by atoms with van der Waals surface area (Å²) in [6.07, 6.45) is 4.63. The highest BCUT2D eigenvalue weighted by molar-refractivity contribution is 7.91. The van der Waals surface area contributed by atoms with Crippen molar-refractivity contribution in [3.8, 4) is 0 Å². The molecule has 1 rings (SSSR count). The van der Waals surface area contributed by atoms with Gasteiger partial charge >= 0.3 is 0 Å². The Morgan fingerprint density at radius 2 is 1.88 bits per heavy atom. The molecule has 4 nitrogen and oxygen atoms in total. The molecule has 0 aliphatic heterocycles. The highest BCUT2D eigenvalue weighted by Crippen LogP contribution is 2.33. The van der Waals surface area contributed by atoms with Gasteiger partial charge in [0.15, 0.2) is 9.84 Å². The summed E-state index contributed by atoms with van der Waals surface area (Å²) in [4.78, 5) is 2.16. The summed E-state index contributed by atoms with van der Waals surface area (Å²) in [6, 6.07) is 0. The van der Waals surface area contributed by atoms with E-state index in [1.54, 1.807) is 6.92 Å². The Balaban J connectivity index is 2.54. The van der Waals surface area contributed by atoms with Crippen LogP contribution < -0.4 is 5.73 Å². The van der Waals surface area contributed by atoms with Gasteiger partial charge in [-0.15, -0.1) is 0 Å². The molecule has 1 saturated carbocycles. The van der Waals surface area contributed by atoms with Crippen LogP contribution in [0, 0.1) is 0 Å². The van der Waals surface area contributed by atoms with Crippen LogP contribution in [0.2, 0.25) is 0 Å². The summed E-state index contributed by atoms with van der Waals surface area (Å²) < 4.78 is 22.9. The zero-order valence-corrected chi connectivity index (χ0v) is 11.2. The molecule has 0 saturated heterocycles. The van der Waals surface area contributed by atoms with E-state index in [-0.39, 0.29) is 17.0 Å². The summed E-state index contributed by atoms with van der Waals surface area (Å²) in [5, 5.41) is 0. The van der Waals surface area contributed by atoms with Crippen molar-refractivity contribution in [1.29, 1.82) is 0 Å². The van der Waals surface area contributed by atoms with Gasteiger partial charge in [-0.2, -0.15) is 0 Å². The Kier molecular flexibility index (Phi) is 4.76. The summed E-state index contributed by atoms with van der Waals surface area (Å²) in [6.45, 7) is 2.94. The Bertz CT molecular complexity index is 308. The quantitative estimate of drug-likeness (QED) is 0.748. The zero-order valence-electron chi connectivity index (χ0n) is 10.4. The van der Waals surface area contributed by atoms with Crippen LogP contribution in [0.5, 0.6) is 0 Å². The number of nitrogens with two attached hydrogens (primary N) is 1. The Morgan fingerprint density at radius 3 is 2.31 bits per heavy atom. The first-order chi connectivity index (χ1) is 7.46. The monoisotopic (exact) mass is 248 g/mol. The van der Waals surface area contributed by atoms with Crippen molar-refractivity contribution >= 4 is 9.84 Å². The topological polar surface area (TPSA) is 63.4 Å². The van der Waals surface area contributed by atoms with Gasteiger partial charge in [0.05, 0.1) is 5.75 Å². The lowest BCUT2D eigenvalue weighted by Gasteiger charge is -2.37. The van der Waals surface area contributed by atoms with Crippen LogP contribution in [0.25, 0.3) is 0 Å². The smallest absolute Gasteiger partial charge is 0.151 e. The fourth-order valence-electron chi connectivity index (χ4n) is 2.43. The molecule has 96 valence electrons. The van der Waals surface area contributed by atoms with Crippen LogP contribution in [0.15, 0.2) is 0 Å². The maximum atomic E-state index is 11.5. The third-order valence-electron chi connectivity index (χ3n) is 3.90. The number of sulfone groups is 1. The average Bonchev–Trinajstić information content (AvgIpc) is 2.76. The number of rotatable bonds is 6. The van der Waals surface area contributed by atoms with Crippen LogP contribution >= 0.6 is 0 Å². The molecular formula is C11H24N2O2S. The Hall–Kier alpha value is -0.130. The fraction of sp³-hybridized carbons (Fsp3) is 1.00. The van der Waals surface area contributed by atoms with E-state index in [0.29, 0.717) is 13.1 Å². The first-order valence-electron chi connectivity index (χ1n) is 6.07. The van der Waals surface area contributed by atoms with E-state index in [4.69, 9.17) is 5.73 Å². The highest BCUT2D eigenvalue weighted by Gasteiger charge is 2.36. The van der Waals surface area contributed by atoms with E-state index in [1.165, 1.54) is 12.8 Å². The predicted molar refractivity (Wildman–Crippen MR) is 67.2 cm³/mol. The van der Waals surface area contributed by atoms with Gasteiger partial charge in [-0.05, 0) is 19.9 Å². The summed E-state index contributed by atoms with van der Waals surface area (Å²) in [7, 11) is -0.858. The van der Waals surface area contributed by atoms with Crippen molar-refractivity contribution in [3.63, 3.8) is 0 Å². The maximum Gasteiger partial charge on any atom is 0.151 e. The molecule has 0 spiro atoms. The summed E-state index contributed by atoms with van der Waals surface area (Å²) >= 11 is 0. The van der Waals surface area contributed by atoms with Crippen LogP contribution in [-0.2, 0) is 9.84 Å². The molecular weight excluding hydrogens is 224 g/mol. The van der Waals surface area contributed by atoms with Crippen LogP contribution in [0.1, 0.15) is 32.6 Å². The number of hydrogen-bond acceptors (Lipinski definition) is 4. The van der Waals surface area contributed by atoms with Gasteiger partial charge < -0.3 is 5.73 Å². The van der Waals surface area contributed by atoms with E-state index in [9.17, 15) is 8.42 Å². The van der Waals surface area contributed by atoms with E-state index in [1.807, 2.05) is 7.05 Å². The molecule has 0 aromatic carbocycles. The molecule has 1 fully saturated rings. The van der Waals surface area contributed by atoms with Crippen LogP contribution in [0.3, 0.4) is 0 Å². The lowest BCUT2D eigenvalue weighted by Crippen LogP contribution is -2.51. The van der Waals surface area contributed by atoms with E-state index in [2.05, 4.69) is 4.90 Å². The molecule has 0 aromatic heterocycles. The van der Waals surface area contributed by atoms with Gasteiger partial charge in [0, 0.05) is 24.4 Å². The van der Waals surface area contributed by atoms with Crippen LogP contribution in [0.4, 0.5) is 0 Å². The lowest BCUT2D eigenvalue weighted by molar-refractivity contribution is 0.140. The second-order valence-electron chi connectivity index (χ2n) is 4.79. The fourth-order valence-corrected chi connectivity index (χ4v) is 3.27. The highest BCUT2D eigenvalue weighted by atomic mass is 32.2. The van der Waals surface area contributed by atoms with Crippen molar-refractivity contribution in [1.82, 2.24) is 4.90 Å². The number of nitrogens with zero attached hydrogens (tertiary/aromatic N) is 1. The molecule has 16 heavy (non-hydrogen) atoms. The molecule has 0 unspecified atom stereocenters. The van der Waals surface area contributed by atoms with Gasteiger partial charge in [-0.1, -0.05) is 19.8 Å². The SMILES string of the molecule is CCS(=O)(=O)CCN(C)C1(CN)CCCC1. The minimum Gasteiger partial charge on any atom is -0.329 e. The molecule has 0 heterocycles. The predicted octanol–water partition coefficient (Wildman–Crippen LogP) is 0.624. The molecule has 0 atom stereocenters. The van der Waals surface area contributed by atoms with E-state index < -0.39 is 9.84 Å². The summed E-state index contributed by atoms with van der Waals surface area (Å²) in [5.41, 5.74) is 5.91. The lowest BCUT2D eigenvalue weighted by atomic mass is 9.96. The molecule has 0 radical (unpaired) electrons. The normalized spacial score (nSPS) is 20.5. The van der Waals surface area contributed by atoms with Gasteiger partial charge in [0.25, 0.3) is 0 Å². The molecule has 0 amide bonds. The van der Waals surface area contributed by atoms with Gasteiger partial charge in [-0.25, -0.2) is 8.42 Å². The minimum atomic E-state index is -2.86. The second-order valence-corrected chi connectivity index (χ2v) is 7.27. The minimum absolute atomic E-state index is 0.0588. The van der Waals surface area contributed by atoms with E-state index >= 15 is 0 Å². The third kappa shape index (κ3) is 3.18. The van der Waals surface area contributed by atoms with Crippen LogP contribution in [-0.4, -0.2) is 50.5 Å². The van der Waals surface area contributed by atoms with Crippen molar-refractivity contribution in [2.24, 2.45) is 5.73 Å². The molecule has 0 aromatic rings. The Labute approximate surface area is 99.1 Å². The number of hydrogen-bond donors (Lipinski definition) is 1. The second kappa shape index (κ2) is 5.47. The van der Waals surface area contributed by atoms with Crippen molar-refractivity contribution in [2.75, 3.05) is 31.6 Å². The number of likely N-dealkylation sites (N-methyl/N-ethyl adjacent to an activating group) is 1. The van der Waals surface area contributed by atoms with Gasteiger partial charge in [0.2, 0.25) is 0 Å². The van der Waals surface area contributed by atoms with Crippen molar-refractivity contribution < 1.29 is 8.42 Å². The zero-order chi connectivity index (χ0) is 12.2. The molecule has 1 aliphatic rings. The maximum absolute atomic E-state index is 11.5. The largest absolute Gasteiger partial charge is 0.329 e. The van der Waals surface area contributed by atoms with Crippen molar-refractivity contribution in [3.05, 3.63) is 0 Å². The third-order valence-corrected chi connectivity index (χ3v) is 5.59. The molecule has 2 N–H and O–H groups in total. The summed E-state index contributed by atoms with van der Waals surface area (Å²) in [5.74, 6) is 0.484. The molecule has 5 heteroatoms.